The normalized spacial score (nSPS) is 21.2. The predicted molar refractivity (Wildman–Crippen MR) is 96.8 cm³/mol. The first-order valence-electron chi connectivity index (χ1n) is 8.92. The van der Waals surface area contributed by atoms with Crippen LogP contribution in [-0.2, 0) is 15.2 Å². The quantitative estimate of drug-likeness (QED) is 0.810. The highest BCUT2D eigenvalue weighted by atomic mass is 32.2. The van der Waals surface area contributed by atoms with Crippen LogP contribution in [0.25, 0.3) is 0 Å². The number of nitrogens with one attached hydrogen (secondary N) is 1. The third-order valence-corrected chi connectivity index (χ3v) is 5.69. The molecule has 2 aliphatic rings. The fraction of sp³-hybridized carbons (Fsp3) is 0.500. The van der Waals surface area contributed by atoms with Gasteiger partial charge in [0.25, 0.3) is 5.91 Å². The van der Waals surface area contributed by atoms with E-state index < -0.39 is 0 Å². The molecular formula is C18H22N4O3S. The number of hydrogen-bond acceptors (Lipinski definition) is 6. The van der Waals surface area contributed by atoms with Crippen LogP contribution in [0, 0.1) is 0 Å². The van der Waals surface area contributed by atoms with Gasteiger partial charge in [0.15, 0.2) is 11.4 Å². The van der Waals surface area contributed by atoms with E-state index in [0.29, 0.717) is 18.8 Å². The topological polar surface area (TPSA) is 80.3 Å². The zero-order valence-electron chi connectivity index (χ0n) is 14.5. The second-order valence-corrected chi connectivity index (χ2v) is 7.41. The number of ether oxygens (including phenoxy) is 2. The Labute approximate surface area is 156 Å². The number of aromatic amines is 1. The molecule has 1 N–H and O–H groups in total. The summed E-state index contributed by atoms with van der Waals surface area (Å²) in [6.07, 6.45) is 4.28. The first-order valence-corrected chi connectivity index (χ1v) is 9.91. The number of carbonyl (C=O) groups excluding carboxylic acids is 1. The van der Waals surface area contributed by atoms with Crippen molar-refractivity contribution in [3.63, 3.8) is 0 Å². The number of hydrogen-bond donors (Lipinski definition) is 1. The summed E-state index contributed by atoms with van der Waals surface area (Å²) >= 11 is 1.58. The minimum atomic E-state index is -0.281. The number of amides is 1. The molecule has 1 amide bonds. The van der Waals surface area contributed by atoms with Gasteiger partial charge in [-0.25, -0.2) is 4.98 Å². The van der Waals surface area contributed by atoms with Gasteiger partial charge in [-0.15, -0.1) is 0 Å². The van der Waals surface area contributed by atoms with Crippen molar-refractivity contribution in [3.05, 3.63) is 41.7 Å². The summed E-state index contributed by atoms with van der Waals surface area (Å²) in [4.78, 5) is 19.0. The maximum absolute atomic E-state index is 13.0. The number of benzene rings is 1. The van der Waals surface area contributed by atoms with Crippen molar-refractivity contribution in [1.82, 2.24) is 20.1 Å². The molecule has 1 aromatic carbocycles. The van der Waals surface area contributed by atoms with Crippen LogP contribution in [0.2, 0.25) is 0 Å². The van der Waals surface area contributed by atoms with E-state index >= 15 is 0 Å². The molecule has 1 aromatic heterocycles. The molecule has 8 heteroatoms. The molecule has 0 radical (unpaired) electrons. The molecule has 0 bridgehead atoms. The highest BCUT2D eigenvalue weighted by molar-refractivity contribution is 7.98. The molecular weight excluding hydrogens is 352 g/mol. The Balaban J connectivity index is 1.41. The Morgan fingerprint density at radius 1 is 1.23 bits per heavy atom. The lowest BCUT2D eigenvalue weighted by Gasteiger charge is -2.38. The van der Waals surface area contributed by atoms with Gasteiger partial charge in [0.1, 0.15) is 6.33 Å². The Morgan fingerprint density at radius 2 is 2.04 bits per heavy atom. The van der Waals surface area contributed by atoms with Gasteiger partial charge in [0, 0.05) is 17.9 Å². The average molecular weight is 374 g/mol. The lowest BCUT2D eigenvalue weighted by Crippen LogP contribution is -2.50. The van der Waals surface area contributed by atoms with Crippen molar-refractivity contribution >= 4 is 17.7 Å². The first kappa shape index (κ1) is 17.5. The molecule has 0 spiro atoms. The monoisotopic (exact) mass is 374 g/mol. The minimum absolute atomic E-state index is 0.0143. The van der Waals surface area contributed by atoms with Gasteiger partial charge in [-0.2, -0.15) is 5.10 Å². The maximum Gasteiger partial charge on any atom is 0.254 e. The molecule has 2 aromatic rings. The van der Waals surface area contributed by atoms with Crippen LogP contribution in [0.4, 0.5) is 0 Å². The van der Waals surface area contributed by atoms with Gasteiger partial charge >= 0.3 is 0 Å². The van der Waals surface area contributed by atoms with E-state index in [0.717, 1.165) is 42.3 Å². The Morgan fingerprint density at radius 3 is 2.77 bits per heavy atom. The zero-order valence-corrected chi connectivity index (χ0v) is 15.3. The van der Waals surface area contributed by atoms with E-state index in [-0.39, 0.29) is 18.2 Å². The van der Waals surface area contributed by atoms with Gasteiger partial charge in [0.05, 0.1) is 19.3 Å². The van der Waals surface area contributed by atoms with Crippen LogP contribution < -0.4 is 0 Å². The van der Waals surface area contributed by atoms with Gasteiger partial charge in [-0.05, 0) is 37.0 Å². The number of thioether (sulfide) groups is 1. The molecule has 4 rings (SSSR count). The number of piperidine rings is 1. The van der Waals surface area contributed by atoms with E-state index in [4.69, 9.17) is 9.47 Å². The van der Waals surface area contributed by atoms with Crippen molar-refractivity contribution in [2.45, 2.75) is 42.5 Å². The molecule has 138 valence electrons. The third kappa shape index (κ3) is 3.92. The van der Waals surface area contributed by atoms with Crippen LogP contribution in [0.5, 0.6) is 0 Å². The van der Waals surface area contributed by atoms with Gasteiger partial charge in [-0.3, -0.25) is 9.89 Å². The Kier molecular flexibility index (Phi) is 5.52. The molecule has 1 unspecified atom stereocenters. The maximum atomic E-state index is 13.0. The summed E-state index contributed by atoms with van der Waals surface area (Å²) in [5.41, 5.74) is 1.85. The highest BCUT2D eigenvalue weighted by Crippen LogP contribution is 2.26. The average Bonchev–Trinajstić information content (AvgIpc) is 3.40. The fourth-order valence-corrected chi connectivity index (χ4v) is 4.15. The van der Waals surface area contributed by atoms with Crippen LogP contribution >= 0.6 is 11.8 Å². The van der Waals surface area contributed by atoms with Crippen LogP contribution in [0.15, 0.2) is 35.7 Å². The van der Waals surface area contributed by atoms with Crippen molar-refractivity contribution in [1.29, 1.82) is 0 Å². The molecule has 3 heterocycles. The van der Waals surface area contributed by atoms with Crippen LogP contribution in [-0.4, -0.2) is 58.1 Å². The SMILES string of the molecule is O=C(c1ccc(CSc2ncn[nH]2)cc1)N1CCCCC1C1OCCO1. The van der Waals surface area contributed by atoms with Crippen molar-refractivity contribution in [2.75, 3.05) is 19.8 Å². The number of likely N-dealkylation sites (tertiary alicyclic amines) is 1. The van der Waals surface area contributed by atoms with Gasteiger partial charge in [-0.1, -0.05) is 23.9 Å². The largest absolute Gasteiger partial charge is 0.348 e. The predicted octanol–water partition coefficient (Wildman–Crippen LogP) is 2.46. The zero-order chi connectivity index (χ0) is 17.8. The minimum Gasteiger partial charge on any atom is -0.348 e. The van der Waals surface area contributed by atoms with Gasteiger partial charge < -0.3 is 14.4 Å². The number of aromatic nitrogens is 3. The highest BCUT2D eigenvalue weighted by Gasteiger charge is 2.36. The van der Waals surface area contributed by atoms with Crippen molar-refractivity contribution < 1.29 is 14.3 Å². The lowest BCUT2D eigenvalue weighted by molar-refractivity contribution is -0.100. The summed E-state index contributed by atoms with van der Waals surface area (Å²) in [5, 5.41) is 7.45. The molecule has 2 aliphatic heterocycles. The number of H-pyrrole nitrogens is 1. The fourth-order valence-electron chi connectivity index (χ4n) is 3.42. The van der Waals surface area contributed by atoms with Crippen molar-refractivity contribution in [3.8, 4) is 0 Å². The number of rotatable bonds is 5. The van der Waals surface area contributed by atoms with E-state index in [1.807, 2.05) is 29.2 Å². The molecule has 2 saturated heterocycles. The molecule has 26 heavy (non-hydrogen) atoms. The van der Waals surface area contributed by atoms with E-state index in [1.54, 1.807) is 11.8 Å². The van der Waals surface area contributed by atoms with Crippen molar-refractivity contribution in [2.24, 2.45) is 0 Å². The molecule has 1 atom stereocenters. The smallest absolute Gasteiger partial charge is 0.254 e. The standard InChI is InChI=1S/C18H22N4O3S/c23-16(22-8-2-1-3-15(22)17-24-9-10-25-17)14-6-4-13(5-7-14)11-26-18-19-12-20-21-18/h4-7,12,15,17H,1-3,8-11H2,(H,19,20,21). The van der Waals surface area contributed by atoms with E-state index in [1.165, 1.54) is 6.33 Å². The first-order chi connectivity index (χ1) is 12.8. The Hall–Kier alpha value is -1.90. The second-order valence-electron chi connectivity index (χ2n) is 6.45. The summed E-state index contributed by atoms with van der Waals surface area (Å²) in [7, 11) is 0. The van der Waals surface area contributed by atoms with Crippen LogP contribution in [0.1, 0.15) is 35.2 Å². The summed E-state index contributed by atoms with van der Waals surface area (Å²) in [5.74, 6) is 0.836. The Bertz CT molecular complexity index is 717. The molecule has 0 aliphatic carbocycles. The summed E-state index contributed by atoms with van der Waals surface area (Å²) < 4.78 is 11.3. The third-order valence-electron chi connectivity index (χ3n) is 4.74. The van der Waals surface area contributed by atoms with E-state index in [9.17, 15) is 4.79 Å². The molecule has 0 saturated carbocycles. The number of nitrogens with zero attached hydrogens (tertiary/aromatic N) is 3. The summed E-state index contributed by atoms with van der Waals surface area (Å²) in [6, 6.07) is 7.82. The molecule has 7 nitrogen and oxygen atoms in total. The van der Waals surface area contributed by atoms with Gasteiger partial charge in [0.2, 0.25) is 0 Å². The number of carbonyl (C=O) groups is 1. The van der Waals surface area contributed by atoms with E-state index in [2.05, 4.69) is 15.2 Å². The summed E-state index contributed by atoms with van der Waals surface area (Å²) in [6.45, 7) is 1.98. The van der Waals surface area contributed by atoms with Crippen LogP contribution in [0.3, 0.4) is 0 Å². The lowest BCUT2D eigenvalue weighted by atomic mass is 10.00. The molecule has 2 fully saturated rings. The second kappa shape index (κ2) is 8.20.